The van der Waals surface area contributed by atoms with Crippen molar-refractivity contribution in [2.24, 2.45) is 0 Å². The van der Waals surface area contributed by atoms with Gasteiger partial charge in [0.1, 0.15) is 11.6 Å². The van der Waals surface area contributed by atoms with Crippen molar-refractivity contribution in [1.29, 1.82) is 0 Å². The molecule has 0 aliphatic heterocycles. The summed E-state index contributed by atoms with van der Waals surface area (Å²) in [5, 5.41) is 9.23. The van der Waals surface area contributed by atoms with Crippen LogP contribution in [0.4, 0.5) is 4.39 Å². The Balaban J connectivity index is 2.08. The van der Waals surface area contributed by atoms with Crippen molar-refractivity contribution < 1.29 is 4.39 Å². The first-order valence-corrected chi connectivity index (χ1v) is 7.13. The summed E-state index contributed by atoms with van der Waals surface area (Å²) in [4.78, 5) is 0. The molecule has 1 heterocycles. The SMILES string of the molecule is C=CCn1c(CC)nnc1SCc1ccc(F)cc1. The molecule has 0 aliphatic carbocycles. The van der Waals surface area contributed by atoms with E-state index in [0.717, 1.165) is 28.7 Å². The molecule has 3 nitrogen and oxygen atoms in total. The second-order valence-corrected chi connectivity index (χ2v) is 5.01. The van der Waals surface area contributed by atoms with Crippen molar-refractivity contribution in [2.45, 2.75) is 30.8 Å². The van der Waals surface area contributed by atoms with E-state index in [1.54, 1.807) is 23.9 Å². The third kappa shape index (κ3) is 3.44. The molecule has 19 heavy (non-hydrogen) atoms. The summed E-state index contributed by atoms with van der Waals surface area (Å²) < 4.78 is 14.9. The predicted octanol–water partition coefficient (Wildman–Crippen LogP) is 3.46. The summed E-state index contributed by atoms with van der Waals surface area (Å²) >= 11 is 1.60. The van der Waals surface area contributed by atoms with Crippen LogP contribution in [0.25, 0.3) is 0 Å². The lowest BCUT2D eigenvalue weighted by Crippen LogP contribution is -2.02. The maximum atomic E-state index is 12.8. The Kier molecular flexibility index (Phi) is 4.74. The van der Waals surface area contributed by atoms with E-state index < -0.39 is 0 Å². The Morgan fingerprint density at radius 1 is 1.32 bits per heavy atom. The largest absolute Gasteiger partial charge is 0.302 e. The summed E-state index contributed by atoms with van der Waals surface area (Å²) in [6.45, 7) is 6.52. The van der Waals surface area contributed by atoms with Gasteiger partial charge in [-0.2, -0.15) is 0 Å². The van der Waals surface area contributed by atoms with Gasteiger partial charge in [-0.05, 0) is 17.7 Å². The molecular weight excluding hydrogens is 261 g/mol. The smallest absolute Gasteiger partial charge is 0.191 e. The van der Waals surface area contributed by atoms with Crippen LogP contribution in [0.2, 0.25) is 0 Å². The number of halogens is 1. The molecule has 0 aliphatic rings. The Morgan fingerprint density at radius 2 is 2.05 bits per heavy atom. The minimum absolute atomic E-state index is 0.211. The molecule has 0 fully saturated rings. The highest BCUT2D eigenvalue weighted by Gasteiger charge is 2.10. The number of hydrogen-bond acceptors (Lipinski definition) is 3. The van der Waals surface area contributed by atoms with Gasteiger partial charge in [0.05, 0.1) is 0 Å². The van der Waals surface area contributed by atoms with Crippen LogP contribution in [0.15, 0.2) is 42.1 Å². The Hall–Kier alpha value is -1.62. The fourth-order valence-electron chi connectivity index (χ4n) is 1.73. The summed E-state index contributed by atoms with van der Waals surface area (Å²) in [7, 11) is 0. The first-order chi connectivity index (χ1) is 9.24. The second kappa shape index (κ2) is 6.52. The van der Waals surface area contributed by atoms with E-state index >= 15 is 0 Å². The highest BCUT2D eigenvalue weighted by Crippen LogP contribution is 2.22. The van der Waals surface area contributed by atoms with E-state index in [4.69, 9.17) is 0 Å². The monoisotopic (exact) mass is 277 g/mol. The number of aromatic nitrogens is 3. The Bertz CT molecular complexity index is 548. The molecule has 5 heteroatoms. The van der Waals surface area contributed by atoms with Gasteiger partial charge in [-0.15, -0.1) is 16.8 Å². The highest BCUT2D eigenvalue weighted by molar-refractivity contribution is 7.98. The van der Waals surface area contributed by atoms with Crippen LogP contribution in [0.1, 0.15) is 18.3 Å². The van der Waals surface area contributed by atoms with Gasteiger partial charge in [0, 0.05) is 18.7 Å². The van der Waals surface area contributed by atoms with Gasteiger partial charge in [-0.1, -0.05) is 36.9 Å². The van der Waals surface area contributed by atoms with Gasteiger partial charge >= 0.3 is 0 Å². The normalized spacial score (nSPS) is 10.6. The Labute approximate surface area is 116 Å². The van der Waals surface area contributed by atoms with Crippen molar-refractivity contribution in [3.63, 3.8) is 0 Å². The van der Waals surface area contributed by atoms with Crippen LogP contribution in [0.5, 0.6) is 0 Å². The van der Waals surface area contributed by atoms with Crippen molar-refractivity contribution >= 4 is 11.8 Å². The first-order valence-electron chi connectivity index (χ1n) is 6.14. The van der Waals surface area contributed by atoms with E-state index in [2.05, 4.69) is 28.3 Å². The molecule has 0 saturated carbocycles. The van der Waals surface area contributed by atoms with Crippen molar-refractivity contribution in [1.82, 2.24) is 14.8 Å². The molecule has 2 aromatic rings. The molecule has 0 bridgehead atoms. The average Bonchev–Trinajstić information content (AvgIpc) is 2.81. The standard InChI is InChI=1S/C14H16FN3S/c1-3-9-18-13(4-2)16-17-14(18)19-10-11-5-7-12(15)8-6-11/h3,5-8H,1,4,9-10H2,2H3. The number of hydrogen-bond donors (Lipinski definition) is 0. The van der Waals surface area contributed by atoms with Crippen LogP contribution >= 0.6 is 11.8 Å². The molecule has 0 atom stereocenters. The third-order valence-electron chi connectivity index (χ3n) is 2.70. The van der Waals surface area contributed by atoms with E-state index in [0.29, 0.717) is 6.54 Å². The van der Waals surface area contributed by atoms with Gasteiger partial charge in [0.25, 0.3) is 0 Å². The lowest BCUT2D eigenvalue weighted by Gasteiger charge is -2.06. The van der Waals surface area contributed by atoms with Crippen LogP contribution < -0.4 is 0 Å². The fourth-order valence-corrected chi connectivity index (χ4v) is 2.65. The maximum absolute atomic E-state index is 12.8. The second-order valence-electron chi connectivity index (χ2n) is 4.07. The summed E-state index contributed by atoms with van der Waals surface area (Å²) in [6, 6.07) is 6.53. The van der Waals surface area contributed by atoms with Gasteiger partial charge in [0.15, 0.2) is 5.16 Å². The van der Waals surface area contributed by atoms with E-state index in [1.807, 2.05) is 6.08 Å². The van der Waals surface area contributed by atoms with Crippen LogP contribution in [0, 0.1) is 5.82 Å². The number of allylic oxidation sites excluding steroid dienone is 1. The van der Waals surface area contributed by atoms with Crippen molar-refractivity contribution in [3.8, 4) is 0 Å². The minimum Gasteiger partial charge on any atom is -0.302 e. The molecule has 1 aromatic carbocycles. The number of benzene rings is 1. The zero-order chi connectivity index (χ0) is 13.7. The van der Waals surface area contributed by atoms with Gasteiger partial charge < -0.3 is 4.57 Å². The molecule has 0 amide bonds. The zero-order valence-corrected chi connectivity index (χ0v) is 11.7. The molecule has 100 valence electrons. The molecule has 0 saturated heterocycles. The molecule has 0 radical (unpaired) electrons. The van der Waals surface area contributed by atoms with E-state index in [1.165, 1.54) is 12.1 Å². The average molecular weight is 277 g/mol. The zero-order valence-electron chi connectivity index (χ0n) is 10.8. The fraction of sp³-hybridized carbons (Fsp3) is 0.286. The molecule has 0 unspecified atom stereocenters. The van der Waals surface area contributed by atoms with Crippen molar-refractivity contribution in [2.75, 3.05) is 0 Å². The van der Waals surface area contributed by atoms with E-state index in [9.17, 15) is 4.39 Å². The van der Waals surface area contributed by atoms with Crippen LogP contribution in [-0.4, -0.2) is 14.8 Å². The minimum atomic E-state index is -0.211. The number of nitrogens with zero attached hydrogens (tertiary/aromatic N) is 3. The number of aryl methyl sites for hydroxylation is 1. The lowest BCUT2D eigenvalue weighted by molar-refractivity contribution is 0.627. The number of rotatable bonds is 6. The molecule has 1 aromatic heterocycles. The number of thioether (sulfide) groups is 1. The Morgan fingerprint density at radius 3 is 2.68 bits per heavy atom. The molecule has 2 rings (SSSR count). The summed E-state index contributed by atoms with van der Waals surface area (Å²) in [6.07, 6.45) is 2.68. The molecule has 0 spiro atoms. The summed E-state index contributed by atoms with van der Waals surface area (Å²) in [5.41, 5.74) is 1.07. The van der Waals surface area contributed by atoms with E-state index in [-0.39, 0.29) is 5.82 Å². The topological polar surface area (TPSA) is 30.7 Å². The van der Waals surface area contributed by atoms with Crippen molar-refractivity contribution in [3.05, 3.63) is 54.1 Å². The quantitative estimate of drug-likeness (QED) is 0.598. The van der Waals surface area contributed by atoms with Crippen LogP contribution in [0.3, 0.4) is 0 Å². The third-order valence-corrected chi connectivity index (χ3v) is 3.74. The maximum Gasteiger partial charge on any atom is 0.191 e. The van der Waals surface area contributed by atoms with Gasteiger partial charge in [-0.3, -0.25) is 0 Å². The van der Waals surface area contributed by atoms with Gasteiger partial charge in [-0.25, -0.2) is 4.39 Å². The first kappa shape index (κ1) is 13.8. The molecule has 0 N–H and O–H groups in total. The van der Waals surface area contributed by atoms with Gasteiger partial charge in [0.2, 0.25) is 0 Å². The predicted molar refractivity (Wildman–Crippen MR) is 75.6 cm³/mol. The summed E-state index contributed by atoms with van der Waals surface area (Å²) in [5.74, 6) is 1.50. The van der Waals surface area contributed by atoms with Crippen LogP contribution in [-0.2, 0) is 18.7 Å². The highest BCUT2D eigenvalue weighted by atomic mass is 32.2. The lowest BCUT2D eigenvalue weighted by atomic mass is 10.2. The molecular formula is C14H16FN3S.